The first kappa shape index (κ1) is 62.7. The van der Waals surface area contributed by atoms with Crippen molar-refractivity contribution >= 4 is 35.3 Å². The Morgan fingerprint density at radius 2 is 1.16 bits per heavy atom. The second-order valence-corrected chi connectivity index (χ2v) is 41.7. The van der Waals surface area contributed by atoms with Gasteiger partial charge < -0.3 is 46.4 Å². The van der Waals surface area contributed by atoms with E-state index in [4.69, 9.17) is 46.4 Å². The van der Waals surface area contributed by atoms with Gasteiger partial charge in [-0.3, -0.25) is 0 Å². The lowest BCUT2D eigenvalue weighted by atomic mass is 9.73. The van der Waals surface area contributed by atoms with Crippen molar-refractivity contribution in [1.29, 1.82) is 0 Å². The number of rotatable bonds is 20. The van der Waals surface area contributed by atoms with Crippen molar-refractivity contribution in [3.8, 4) is 0 Å². The highest BCUT2D eigenvalue weighted by atomic mass is 28.4. The van der Waals surface area contributed by atoms with E-state index in [1.807, 2.05) is 12.1 Å². The van der Waals surface area contributed by atoms with Crippen molar-refractivity contribution in [1.82, 2.24) is 0 Å². The Balaban J connectivity index is 1.01. The maximum atomic E-state index is 7.82. The molecular weight excluding hydrogens is 1060 g/mol. The SMILES string of the molecule is CC[Si](CC)(CC)O[C@@H]1[C@@H]2O[C@H]3[C@H](C[C@H]2O[C@H]2C[C@@H](OCc4ccccc4)[C@H](COCc4ccccc4)O[C@@]21C)O[C@@H]1C[C@H](O[Si](C)(C)C(C)(C)C)[C@@](C)(CCO[Si](c2ccccc2)(c2ccccc2)C(C)(C)C)O[C@@]1(C)CC[C@@H]3C. The Hall–Kier alpha value is -2.87. The fourth-order valence-electron chi connectivity index (χ4n) is 14.1. The van der Waals surface area contributed by atoms with Crippen LogP contribution >= 0.6 is 0 Å². The first-order valence-electron chi connectivity index (χ1n) is 31.1. The van der Waals surface area contributed by atoms with Crippen LogP contribution < -0.4 is 10.4 Å². The summed E-state index contributed by atoms with van der Waals surface area (Å²) in [5.41, 5.74) is 0.151. The smallest absolute Gasteiger partial charge is 0.261 e. The largest absolute Gasteiger partial charge is 0.411 e. The van der Waals surface area contributed by atoms with Gasteiger partial charge in [-0.25, -0.2) is 0 Å². The van der Waals surface area contributed by atoms with Crippen LogP contribution in [0.5, 0.6) is 0 Å². The molecule has 0 aromatic heterocycles. The molecule has 9 rings (SSSR count). The van der Waals surface area contributed by atoms with Crippen LogP contribution in [0.2, 0.25) is 41.3 Å². The van der Waals surface area contributed by atoms with Gasteiger partial charge in [-0.2, -0.15) is 0 Å². The molecule has 5 aliphatic rings. The van der Waals surface area contributed by atoms with E-state index in [0.29, 0.717) is 52.1 Å². The number of hydrogen-bond donors (Lipinski definition) is 0. The topological polar surface area (TPSA) is 92.3 Å². The molecule has 0 aliphatic carbocycles. The van der Waals surface area contributed by atoms with E-state index in [0.717, 1.165) is 42.1 Å². The standard InChI is InChI=1S/C68H102O10Si3/c1-16-80(17-2,18-3)77-63-62-56(73-60-44-54(70-47-51-33-25-20-26-34-51)57(75-68(60,63)13)48-69-46-50-31-23-19-24-32-50)43-55-61(74-62)49(4)39-40-66(11)58(72-55)45-59(76-79(14,15)64(5,6)7)67(12,78-66)41-42-71-81(65(8,9)10,52-35-27-21-28-36-52)53-37-29-22-30-38-53/h19-38,49,54-63H,16-18,39-48H2,1-15H3/t49-,54+,55-,56+,57-,58+,59-,60-,61+,62+,63+,66-,67+,68-/m0/s1. The highest BCUT2D eigenvalue weighted by Gasteiger charge is 2.65. The second kappa shape index (κ2) is 25.2. The zero-order valence-corrected chi connectivity index (χ0v) is 55.2. The molecule has 13 heteroatoms. The molecule has 81 heavy (non-hydrogen) atoms. The first-order valence-corrected chi connectivity index (χ1v) is 38.5. The fourth-order valence-corrected chi connectivity index (χ4v) is 23.0. The minimum atomic E-state index is -2.83. The molecule has 5 aliphatic heterocycles. The molecule has 10 nitrogen and oxygen atoms in total. The Kier molecular flexibility index (Phi) is 19.5. The van der Waals surface area contributed by atoms with Gasteiger partial charge >= 0.3 is 0 Å². The highest BCUT2D eigenvalue weighted by molar-refractivity contribution is 6.99. The summed E-state index contributed by atoms with van der Waals surface area (Å²) >= 11 is 0. The van der Waals surface area contributed by atoms with E-state index >= 15 is 0 Å². The molecule has 4 aromatic carbocycles. The summed E-state index contributed by atoms with van der Waals surface area (Å²) in [7, 11) is -7.41. The minimum Gasteiger partial charge on any atom is -0.411 e. The molecule has 14 atom stereocenters. The van der Waals surface area contributed by atoms with Crippen LogP contribution in [0.25, 0.3) is 0 Å². The molecule has 0 N–H and O–H groups in total. The lowest BCUT2D eigenvalue weighted by molar-refractivity contribution is -0.364. The molecule has 5 heterocycles. The van der Waals surface area contributed by atoms with Crippen molar-refractivity contribution in [2.45, 2.75) is 261 Å². The molecule has 446 valence electrons. The van der Waals surface area contributed by atoms with Gasteiger partial charge in [0.1, 0.15) is 23.9 Å². The first-order chi connectivity index (χ1) is 38.4. The average Bonchev–Trinajstić information content (AvgIpc) is 3.04. The molecule has 0 saturated carbocycles. The summed E-state index contributed by atoms with van der Waals surface area (Å²) in [4.78, 5) is 0. The van der Waals surface area contributed by atoms with E-state index < -0.39 is 41.8 Å². The van der Waals surface area contributed by atoms with Crippen molar-refractivity contribution in [2.75, 3.05) is 13.2 Å². The average molecular weight is 1160 g/mol. The van der Waals surface area contributed by atoms with Crippen LogP contribution in [0.4, 0.5) is 0 Å². The normalized spacial score (nSPS) is 33.0. The van der Waals surface area contributed by atoms with Gasteiger partial charge in [0.25, 0.3) is 8.32 Å². The molecular formula is C68H102O10Si3. The van der Waals surface area contributed by atoms with E-state index in [9.17, 15) is 0 Å². The number of hydrogen-bond acceptors (Lipinski definition) is 10. The molecule has 0 unspecified atom stereocenters. The third-order valence-electron chi connectivity index (χ3n) is 20.5. The minimum absolute atomic E-state index is 0.0164. The van der Waals surface area contributed by atoms with Gasteiger partial charge in [0.15, 0.2) is 16.6 Å². The quantitative estimate of drug-likeness (QED) is 0.0797. The molecule has 0 spiro atoms. The maximum absolute atomic E-state index is 7.82. The number of ether oxygens (including phenoxy) is 7. The second-order valence-electron chi connectivity index (χ2n) is 27.9. The molecule has 0 bridgehead atoms. The van der Waals surface area contributed by atoms with Crippen molar-refractivity contribution in [2.24, 2.45) is 5.92 Å². The van der Waals surface area contributed by atoms with Gasteiger partial charge in [-0.15, -0.1) is 0 Å². The van der Waals surface area contributed by atoms with E-state index in [1.54, 1.807) is 0 Å². The maximum Gasteiger partial charge on any atom is 0.261 e. The predicted molar refractivity (Wildman–Crippen MR) is 333 cm³/mol. The van der Waals surface area contributed by atoms with Gasteiger partial charge in [-0.05, 0) is 102 Å². The number of fused-ring (bicyclic) bond motifs is 4. The summed E-state index contributed by atoms with van der Waals surface area (Å²) in [6.45, 7) is 36.8. The number of benzene rings is 4. The molecule has 5 fully saturated rings. The highest BCUT2D eigenvalue weighted by Crippen LogP contribution is 2.53. The van der Waals surface area contributed by atoms with E-state index in [-0.39, 0.29) is 77.0 Å². The van der Waals surface area contributed by atoms with Crippen LogP contribution in [0.1, 0.15) is 140 Å². The van der Waals surface area contributed by atoms with Crippen LogP contribution in [0.3, 0.4) is 0 Å². The van der Waals surface area contributed by atoms with Crippen LogP contribution in [-0.2, 0) is 59.6 Å². The van der Waals surface area contributed by atoms with Crippen molar-refractivity contribution < 1.29 is 46.4 Å². The Morgan fingerprint density at radius 1 is 0.617 bits per heavy atom. The third kappa shape index (κ3) is 13.1. The molecule has 0 amide bonds. The summed E-state index contributed by atoms with van der Waals surface area (Å²) in [5.74, 6) is 0.169. The summed E-state index contributed by atoms with van der Waals surface area (Å²) < 4.78 is 74.8. The zero-order chi connectivity index (χ0) is 58.1. The monoisotopic (exact) mass is 1160 g/mol. The van der Waals surface area contributed by atoms with Crippen molar-refractivity contribution in [3.63, 3.8) is 0 Å². The van der Waals surface area contributed by atoms with Crippen LogP contribution in [-0.4, -0.2) is 116 Å². The van der Waals surface area contributed by atoms with Crippen molar-refractivity contribution in [3.05, 3.63) is 132 Å². The predicted octanol–water partition coefficient (Wildman–Crippen LogP) is 14.1. The molecule has 4 aromatic rings. The lowest BCUT2D eigenvalue weighted by Gasteiger charge is -2.62. The Bertz CT molecular complexity index is 2550. The fraction of sp³-hybridized carbons (Fsp3) is 0.647. The summed E-state index contributed by atoms with van der Waals surface area (Å²) in [6.07, 6.45) is 1.56. The van der Waals surface area contributed by atoms with Crippen LogP contribution in [0, 0.1) is 5.92 Å². The van der Waals surface area contributed by atoms with E-state index in [2.05, 4.69) is 212 Å². The van der Waals surface area contributed by atoms with Gasteiger partial charge in [0, 0.05) is 32.3 Å². The van der Waals surface area contributed by atoms with Gasteiger partial charge in [0.2, 0.25) is 0 Å². The summed E-state index contributed by atoms with van der Waals surface area (Å²) in [6, 6.07) is 45.8. The third-order valence-corrected chi connectivity index (χ3v) is 34.6. The van der Waals surface area contributed by atoms with Gasteiger partial charge in [-0.1, -0.05) is 191 Å². The Labute approximate surface area is 491 Å². The summed E-state index contributed by atoms with van der Waals surface area (Å²) in [5, 5.41) is 2.39. The van der Waals surface area contributed by atoms with Crippen LogP contribution in [0.15, 0.2) is 121 Å². The van der Waals surface area contributed by atoms with E-state index in [1.165, 1.54) is 10.4 Å². The van der Waals surface area contributed by atoms with Gasteiger partial charge in [0.05, 0.1) is 73.8 Å². The molecule has 0 radical (unpaired) electrons. The zero-order valence-electron chi connectivity index (χ0n) is 52.2. The Morgan fingerprint density at radius 3 is 1.72 bits per heavy atom. The molecule has 5 saturated heterocycles. The lowest BCUT2D eigenvalue weighted by Crippen LogP contribution is -2.75.